The summed E-state index contributed by atoms with van der Waals surface area (Å²) in [4.78, 5) is 11.7. The van der Waals surface area contributed by atoms with Crippen molar-refractivity contribution in [1.82, 2.24) is 25.9 Å². The molecule has 1 aromatic carbocycles. The van der Waals surface area contributed by atoms with Gasteiger partial charge in [0.2, 0.25) is 5.91 Å². The molecule has 0 bridgehead atoms. The highest BCUT2D eigenvalue weighted by Gasteiger charge is 2.11. The maximum Gasteiger partial charge on any atom is 0.244 e. The van der Waals surface area contributed by atoms with E-state index in [2.05, 4.69) is 41.9 Å². The highest BCUT2D eigenvalue weighted by molar-refractivity contribution is 9.10. The number of rotatable bonds is 4. The number of nitrogens with zero attached hydrogens (tertiary/aromatic N) is 3. The Balaban J connectivity index is 1.94. The van der Waals surface area contributed by atoms with Crippen molar-refractivity contribution in [3.63, 3.8) is 0 Å². The molecule has 0 saturated heterocycles. The minimum atomic E-state index is -0.293. The average molecular weight is 322 g/mol. The van der Waals surface area contributed by atoms with Gasteiger partial charge in [0.15, 0.2) is 5.82 Å². The zero-order chi connectivity index (χ0) is 13.7. The minimum absolute atomic E-state index is 0.211. The van der Waals surface area contributed by atoms with Crippen LogP contribution in [0.4, 0.5) is 0 Å². The molecule has 0 aliphatic heterocycles. The van der Waals surface area contributed by atoms with E-state index >= 15 is 0 Å². The molecule has 0 fully saturated rings. The second-order valence-corrected chi connectivity index (χ2v) is 4.80. The lowest BCUT2D eigenvalue weighted by molar-refractivity contribution is -0.117. The molecule has 1 heterocycles. The number of carbonyl (C=O) groups excluding carboxylic acids is 1. The largest absolute Gasteiger partial charge is 0.343 e. The molecule has 0 spiro atoms. The van der Waals surface area contributed by atoms with Crippen LogP contribution in [0, 0.1) is 0 Å². The third-order valence-electron chi connectivity index (χ3n) is 2.38. The van der Waals surface area contributed by atoms with Gasteiger partial charge in [-0.15, -0.1) is 10.2 Å². The maximum atomic E-state index is 11.7. The van der Waals surface area contributed by atoms with Crippen molar-refractivity contribution in [2.75, 3.05) is 0 Å². The number of benzene rings is 1. The quantitative estimate of drug-likeness (QED) is 0.842. The Morgan fingerprint density at radius 1 is 1.53 bits per heavy atom. The molecule has 98 valence electrons. The number of hydrogen-bond donors (Lipinski definition) is 2. The summed E-state index contributed by atoms with van der Waals surface area (Å²) in [6.07, 6.45) is 3.21. The Morgan fingerprint density at radius 3 is 3.05 bits per heavy atom. The van der Waals surface area contributed by atoms with E-state index in [1.807, 2.05) is 24.3 Å². The van der Waals surface area contributed by atoms with E-state index in [9.17, 15) is 4.79 Å². The van der Waals surface area contributed by atoms with Crippen molar-refractivity contribution >= 4 is 27.9 Å². The SMILES string of the molecule is CC(NC(=O)C=Cc1cccc(Br)c1)c1nn[nH]n1. The van der Waals surface area contributed by atoms with Crippen LogP contribution < -0.4 is 5.32 Å². The van der Waals surface area contributed by atoms with E-state index in [0.29, 0.717) is 5.82 Å². The lowest BCUT2D eigenvalue weighted by atomic mass is 10.2. The molecule has 6 nitrogen and oxygen atoms in total. The zero-order valence-corrected chi connectivity index (χ0v) is 11.8. The fraction of sp³-hybridized carbons (Fsp3) is 0.167. The summed E-state index contributed by atoms with van der Waals surface area (Å²) < 4.78 is 0.968. The van der Waals surface area contributed by atoms with Crippen LogP contribution in [0.2, 0.25) is 0 Å². The number of aromatic amines is 1. The van der Waals surface area contributed by atoms with Crippen LogP contribution in [-0.2, 0) is 4.79 Å². The number of nitrogens with one attached hydrogen (secondary N) is 2. The Bertz CT molecular complexity index is 582. The van der Waals surface area contributed by atoms with E-state index in [-0.39, 0.29) is 11.9 Å². The molecule has 0 aliphatic rings. The van der Waals surface area contributed by atoms with Crippen molar-refractivity contribution < 1.29 is 4.79 Å². The fourth-order valence-corrected chi connectivity index (χ4v) is 1.88. The maximum absolute atomic E-state index is 11.7. The van der Waals surface area contributed by atoms with Crippen molar-refractivity contribution in [3.05, 3.63) is 46.2 Å². The van der Waals surface area contributed by atoms with Crippen LogP contribution in [0.1, 0.15) is 24.4 Å². The average Bonchev–Trinajstić information content (AvgIpc) is 2.90. The highest BCUT2D eigenvalue weighted by atomic mass is 79.9. The number of amides is 1. The first-order valence-electron chi connectivity index (χ1n) is 5.62. The first kappa shape index (κ1) is 13.4. The summed E-state index contributed by atoms with van der Waals surface area (Å²) in [5.74, 6) is 0.237. The Kier molecular flexibility index (Phi) is 4.40. The molecule has 1 aromatic heterocycles. The highest BCUT2D eigenvalue weighted by Crippen LogP contribution is 2.12. The molecule has 1 atom stereocenters. The summed E-state index contributed by atoms with van der Waals surface area (Å²) in [6.45, 7) is 1.79. The van der Waals surface area contributed by atoms with Gasteiger partial charge in [-0.1, -0.05) is 33.3 Å². The molecular formula is C12H12BrN5O. The van der Waals surface area contributed by atoms with Crippen LogP contribution in [-0.4, -0.2) is 26.5 Å². The topological polar surface area (TPSA) is 83.6 Å². The van der Waals surface area contributed by atoms with E-state index < -0.39 is 0 Å². The van der Waals surface area contributed by atoms with Crippen molar-refractivity contribution in [2.24, 2.45) is 0 Å². The fourth-order valence-electron chi connectivity index (χ4n) is 1.46. The Morgan fingerprint density at radius 2 is 2.37 bits per heavy atom. The van der Waals surface area contributed by atoms with E-state index in [1.165, 1.54) is 6.08 Å². The number of H-pyrrole nitrogens is 1. The summed E-state index contributed by atoms with van der Waals surface area (Å²) in [5, 5.41) is 16.1. The van der Waals surface area contributed by atoms with Gasteiger partial charge in [0.1, 0.15) is 0 Å². The van der Waals surface area contributed by atoms with Gasteiger partial charge >= 0.3 is 0 Å². The predicted molar refractivity (Wildman–Crippen MR) is 73.9 cm³/mol. The van der Waals surface area contributed by atoms with Gasteiger partial charge in [0.05, 0.1) is 6.04 Å². The number of halogens is 1. The summed E-state index contributed by atoms with van der Waals surface area (Å²) in [7, 11) is 0. The monoisotopic (exact) mass is 321 g/mol. The van der Waals surface area contributed by atoms with Crippen molar-refractivity contribution in [2.45, 2.75) is 13.0 Å². The second kappa shape index (κ2) is 6.24. The van der Waals surface area contributed by atoms with Crippen LogP contribution in [0.5, 0.6) is 0 Å². The number of aromatic nitrogens is 4. The molecule has 2 aromatic rings. The lowest BCUT2D eigenvalue weighted by Gasteiger charge is -2.06. The molecule has 2 rings (SSSR count). The predicted octanol–water partition coefficient (Wildman–Crippen LogP) is 1.85. The molecule has 0 radical (unpaired) electrons. The van der Waals surface area contributed by atoms with Crippen LogP contribution in [0.3, 0.4) is 0 Å². The van der Waals surface area contributed by atoms with Crippen LogP contribution in [0.25, 0.3) is 6.08 Å². The van der Waals surface area contributed by atoms with Crippen molar-refractivity contribution in [3.8, 4) is 0 Å². The molecule has 1 amide bonds. The number of carbonyl (C=O) groups is 1. The van der Waals surface area contributed by atoms with Gasteiger partial charge in [-0.2, -0.15) is 5.21 Å². The van der Waals surface area contributed by atoms with Crippen LogP contribution in [0.15, 0.2) is 34.8 Å². The number of tetrazole rings is 1. The lowest BCUT2D eigenvalue weighted by Crippen LogP contribution is -2.25. The van der Waals surface area contributed by atoms with Gasteiger partial charge in [-0.25, -0.2) is 0 Å². The minimum Gasteiger partial charge on any atom is -0.343 e. The summed E-state index contributed by atoms with van der Waals surface area (Å²) in [5.41, 5.74) is 0.941. The molecule has 0 aliphatic carbocycles. The van der Waals surface area contributed by atoms with Gasteiger partial charge in [-0.3, -0.25) is 4.79 Å². The van der Waals surface area contributed by atoms with Gasteiger partial charge in [-0.05, 0) is 30.7 Å². The van der Waals surface area contributed by atoms with E-state index in [1.54, 1.807) is 13.0 Å². The Labute approximate surface area is 118 Å². The molecule has 1 unspecified atom stereocenters. The Hall–Kier alpha value is -2.02. The zero-order valence-electron chi connectivity index (χ0n) is 10.2. The first-order valence-corrected chi connectivity index (χ1v) is 6.42. The van der Waals surface area contributed by atoms with Gasteiger partial charge in [0.25, 0.3) is 0 Å². The molecule has 7 heteroatoms. The molecule has 2 N–H and O–H groups in total. The van der Waals surface area contributed by atoms with Crippen molar-refractivity contribution in [1.29, 1.82) is 0 Å². The first-order chi connectivity index (χ1) is 9.15. The van der Waals surface area contributed by atoms with Gasteiger partial charge in [0, 0.05) is 10.5 Å². The van der Waals surface area contributed by atoms with Crippen LogP contribution >= 0.6 is 15.9 Å². The molecule has 19 heavy (non-hydrogen) atoms. The van der Waals surface area contributed by atoms with E-state index in [4.69, 9.17) is 0 Å². The number of hydrogen-bond acceptors (Lipinski definition) is 4. The summed E-state index contributed by atoms with van der Waals surface area (Å²) >= 11 is 3.37. The third kappa shape index (κ3) is 3.99. The normalized spacial score (nSPS) is 12.5. The standard InChI is InChI=1S/C12H12BrN5O/c1-8(12-15-17-18-16-12)14-11(19)6-5-9-3-2-4-10(13)7-9/h2-8H,1H3,(H,14,19)(H,15,16,17,18). The molecule has 0 saturated carbocycles. The summed E-state index contributed by atoms with van der Waals surface area (Å²) in [6, 6.07) is 7.38. The van der Waals surface area contributed by atoms with E-state index in [0.717, 1.165) is 10.0 Å². The third-order valence-corrected chi connectivity index (χ3v) is 2.88. The van der Waals surface area contributed by atoms with Gasteiger partial charge < -0.3 is 5.32 Å². The second-order valence-electron chi connectivity index (χ2n) is 3.89. The smallest absolute Gasteiger partial charge is 0.244 e. The molecular weight excluding hydrogens is 310 g/mol.